The van der Waals surface area contributed by atoms with E-state index in [0.29, 0.717) is 0 Å². The molecule has 14 unspecified atom stereocenters. The minimum absolute atomic E-state index is 0. The smallest absolute Gasteiger partial charge is 0.776 e. The molecule has 56 nitrogen and oxygen atoms in total. The number of aliphatic hydroxyl groups is 7. The van der Waals surface area contributed by atoms with Gasteiger partial charge in [0, 0.05) is 85.9 Å². The first-order valence-electron chi connectivity index (χ1n) is 44.1. The predicted octanol–water partition coefficient (Wildman–Crippen LogP) is -41.9. The molecule has 602 valence electrons. The summed E-state index contributed by atoms with van der Waals surface area (Å²) in [7, 11) is -86.0. The summed E-state index contributed by atoms with van der Waals surface area (Å²) in [4.78, 5) is 230. The van der Waals surface area contributed by atoms with Gasteiger partial charge in [-0.2, -0.15) is 0 Å². The molecule has 105 heavy (non-hydrogen) atoms. The fourth-order valence-electron chi connectivity index (χ4n) is 3.94. The Kier molecular flexibility index (Phi) is 36.4. The van der Waals surface area contributed by atoms with Crippen LogP contribution >= 0.6 is 106 Å². The molecule has 0 amide bonds. The van der Waals surface area contributed by atoms with E-state index < -0.39 is 287 Å². The van der Waals surface area contributed by atoms with Crippen molar-refractivity contribution < 1.29 is 533 Å². The molecule has 45 N–H and O–H groups in total. The molecule has 77 heteroatoms. The molecule has 0 aliphatic heterocycles. The maximum atomic E-state index is 11.9. The van der Waals surface area contributed by atoms with Crippen LogP contribution in [-0.2, 0) is 63.9 Å². The van der Waals surface area contributed by atoms with E-state index in [4.69, 9.17) is 111 Å². The molecule has 0 spiro atoms. The zero-order valence-electron chi connectivity index (χ0n) is 102. The van der Waals surface area contributed by atoms with Crippen molar-refractivity contribution in [3.8, 4) is 0 Å². The second-order valence-corrected chi connectivity index (χ2v) is 42.4. The predicted molar refractivity (Wildman–Crippen MR) is 298 cm³/mol. The monoisotopic (exact) mass is 1950 g/mol. The Morgan fingerprint density at radius 2 is 0.457 bits per heavy atom. The standard InChI is InChI=1S/7C4H13NO7P2.7Na/c7*5-3-1-2-4(6,13(7,8)9)14(10,11)12;;;;;;;/h7*6H,1-3,5H2,(H2,7,8,9)(H2,10,11,12);;;;;;;/q;;;;;;;7*+1/p-4/i2*1D2,2D2,3D2,6D;2*1D2,2D2,3D2;2*6D;;;;;;;;/hD20. The summed E-state index contributed by atoms with van der Waals surface area (Å²) in [6.45, 7) is -16.5. The zero-order valence-corrected chi connectivity index (χ0v) is 80.0. The Bertz CT molecular complexity index is 4860. The average Bonchev–Trinajstić information content (AvgIpc) is 0.685. The molecular formula is C28H87N7Na7O49P14+3. The molecule has 0 aliphatic carbocycles. The third-order valence-corrected chi connectivity index (χ3v) is 33.2. The van der Waals surface area contributed by atoms with Crippen LogP contribution in [0.5, 0.6) is 0 Å². The van der Waals surface area contributed by atoms with Crippen molar-refractivity contribution >= 4 is 106 Å². The summed E-state index contributed by atoms with van der Waals surface area (Å²) in [5, 5.41) is 12.6. The van der Waals surface area contributed by atoms with Crippen LogP contribution in [0.25, 0.3) is 0 Å². The third kappa shape index (κ3) is 47.8. The fourth-order valence-corrected chi connectivity index (χ4v) is 16.9. The average molecular weight is 1950 g/mol. The van der Waals surface area contributed by atoms with E-state index in [-0.39, 0.29) is 220 Å². The van der Waals surface area contributed by atoms with Crippen LogP contribution in [0.4, 0.5) is 0 Å². The van der Waals surface area contributed by atoms with Crippen molar-refractivity contribution in [2.45, 2.75) is 125 Å². The molecule has 14 atom stereocenters. The molecule has 0 heterocycles. The van der Waals surface area contributed by atoms with Gasteiger partial charge in [0.05, 0.1) is 56.6 Å². The Labute approximate surface area is 820 Å². The van der Waals surface area contributed by atoms with Gasteiger partial charge in [0.2, 0.25) is 32.4 Å². The van der Waals surface area contributed by atoms with Crippen LogP contribution < -0.4 is 301 Å². The van der Waals surface area contributed by atoms with Gasteiger partial charge in [-0.1, -0.05) is 0 Å². The Hall–Kier alpha value is 8.54. The van der Waals surface area contributed by atoms with Crippen molar-refractivity contribution in [1.29, 1.82) is 17.2 Å². The Morgan fingerprint density at radius 1 is 0.276 bits per heavy atom. The summed E-state index contributed by atoms with van der Waals surface area (Å²) in [5.74, 6) is 0. The van der Waals surface area contributed by atoms with E-state index in [1.54, 1.807) is 0 Å². The second-order valence-electron chi connectivity index (χ2n) is 16.1. The van der Waals surface area contributed by atoms with E-state index in [1.807, 2.05) is 0 Å². The molecule has 0 radical (unpaired) electrons. The SMILES string of the molecule is [2H]C([2H])(C([2H])([2H])C(O)(P(=O)([O-])O)P(=O)(O)O)C([2H])([2H])[N+]([2H])([2H])[2H].[2H]C([2H])([NH3+])C([2H])([2H])C([2H])([2H])C(O)(P(=O)([O-])O)P(=O)(O)O.[2H]OC(C([2H])([2H])C([2H])([2H])C([2H])([2H])[N+]([2H])([2H])[2H])(P(=O)([O-])O[2H])P(=O)([O-])O[2H].[2H]OC(C([2H])([2H])C([2H])([2H])C([2H])([2H])[NH3+])(P(=O)([O-])O[2H])P(=O)([O-])O[2H].[2H]OC(CCC[N+]([2H])([2H])[2H])(P(=O)([O-])O[2H])P(=O)([O-])O[2H].[2H]OC(CCC[NH3+])(P(=O)([O-])O[2H])P(=O)([O-])O[2H].[2H][N+]([2H])([2H])CCCC(O)(P(=O)([O-])O)P(=O)(O)O.[Na+].[Na+].[Na+].[Na+].[Na+].[Na+].[Na+]. The summed E-state index contributed by atoms with van der Waals surface area (Å²) < 4.78 is 493. The Balaban J connectivity index is -0.000000122. The number of quaternary nitrogens is 7. The number of rotatable bonds is 51. The van der Waals surface area contributed by atoms with Crippen LogP contribution in [0.1, 0.15) is 122 Å². The maximum absolute atomic E-state index is 11.9. The first-order chi connectivity index (χ1) is 62.7. The second kappa shape index (κ2) is 57.9. The molecule has 0 aromatic rings. The van der Waals surface area contributed by atoms with Crippen LogP contribution in [0.2, 0.25) is 16.9 Å². The number of hydrogen-bond donors (Lipinski definition) is 31. The van der Waals surface area contributed by atoms with Gasteiger partial charge in [-0.3, -0.25) is 13.7 Å². The topological polar surface area (TPSA) is 1170 Å². The molecule has 0 aliphatic rings. The van der Waals surface area contributed by atoms with Crippen LogP contribution in [0.3, 0.4) is 0 Å². The normalized spacial score (nSPS) is 30.4. The molecular weight excluding hydrogens is 1810 g/mol. The Morgan fingerprint density at radius 3 is 0.610 bits per heavy atom. The van der Waals surface area contributed by atoms with Gasteiger partial charge in [0.1, 0.15) is 0 Å². The molecule has 0 rings (SSSR count). The molecule has 0 saturated carbocycles. The number of hydrogen-bond acceptors (Lipinski definition) is 40. The van der Waals surface area contributed by atoms with E-state index >= 15 is 0 Å². The van der Waals surface area contributed by atoms with Crippen LogP contribution in [-0.4, -0.2) is 217 Å². The minimum atomic E-state index is -6.78. The van der Waals surface area contributed by atoms with Gasteiger partial charge in [-0.05, 0) is 25.6 Å². The summed E-state index contributed by atoms with van der Waals surface area (Å²) in [6, 6.07) is 0. The van der Waals surface area contributed by atoms with Gasteiger partial charge in [-0.15, -0.1) is 0 Å². The third-order valence-electron chi connectivity index (χ3n) is 9.00. The van der Waals surface area contributed by atoms with Crippen molar-refractivity contribution in [3.05, 3.63) is 0 Å². The minimum Gasteiger partial charge on any atom is -0.776 e. The summed E-state index contributed by atoms with van der Waals surface area (Å²) in [5.41, 5.74) is -1.55. The maximum Gasteiger partial charge on any atom is 1.00 e. The van der Waals surface area contributed by atoms with Gasteiger partial charge in [0.25, 0.3) is 0 Å². The van der Waals surface area contributed by atoms with E-state index in [0.717, 1.165) is 0 Å². The van der Waals surface area contributed by atoms with E-state index in [1.165, 1.54) is 0 Å². The molecule has 0 aromatic heterocycles. The first-order valence-corrected chi connectivity index (χ1v) is 43.7. The van der Waals surface area contributed by atoms with Crippen molar-refractivity contribution in [2.24, 2.45) is 0 Å². The van der Waals surface area contributed by atoms with Crippen molar-refractivity contribution in [1.82, 2.24) is 0 Å². The largest absolute Gasteiger partial charge is 1.00 e. The van der Waals surface area contributed by atoms with Crippen LogP contribution in [0, 0.1) is 0 Å². The molecule has 0 aromatic carbocycles. The van der Waals surface area contributed by atoms with Gasteiger partial charge < -0.3 is 263 Å². The fraction of sp³-hybridized carbons (Fsp3) is 1.00. The summed E-state index contributed by atoms with van der Waals surface area (Å²) >= 11 is 0. The summed E-state index contributed by atoms with van der Waals surface area (Å²) in [6.07, 6.45) is -39.5. The quantitative estimate of drug-likeness (QED) is 0.0199. The van der Waals surface area contributed by atoms with Crippen LogP contribution in [0.15, 0.2) is 0 Å². The van der Waals surface area contributed by atoms with Gasteiger partial charge >= 0.3 is 247 Å². The molecule has 0 bridgehead atoms. The van der Waals surface area contributed by atoms with Crippen molar-refractivity contribution in [3.63, 3.8) is 0 Å². The van der Waals surface area contributed by atoms with Crippen molar-refractivity contribution in [2.75, 3.05) is 45.6 Å². The van der Waals surface area contributed by atoms with E-state index in [9.17, 15) is 133 Å². The first kappa shape index (κ1) is 66.1. The van der Waals surface area contributed by atoms with Gasteiger partial charge in [0.15, 0.2) is 104 Å². The molecule has 0 saturated heterocycles. The molecule has 0 fully saturated rings. The van der Waals surface area contributed by atoms with Gasteiger partial charge in [-0.25, -0.2) is 0 Å². The zero-order chi connectivity index (χ0) is 121. The van der Waals surface area contributed by atoms with E-state index in [2.05, 4.69) is 76.8 Å².